The van der Waals surface area contributed by atoms with E-state index in [0.29, 0.717) is 11.2 Å². The molecule has 0 bridgehead atoms. The number of rotatable bonds is 4. The summed E-state index contributed by atoms with van der Waals surface area (Å²) in [6, 6.07) is 6.45. The molecule has 1 aromatic carbocycles. The Morgan fingerprint density at radius 1 is 1.24 bits per heavy atom. The summed E-state index contributed by atoms with van der Waals surface area (Å²) >= 11 is 0. The van der Waals surface area contributed by atoms with Crippen LogP contribution < -0.4 is 10.2 Å². The van der Waals surface area contributed by atoms with Crippen LogP contribution in [0.1, 0.15) is 37.7 Å². The summed E-state index contributed by atoms with van der Waals surface area (Å²) < 4.78 is 5.18. The highest BCUT2D eigenvalue weighted by atomic mass is 16.5. The van der Waals surface area contributed by atoms with Gasteiger partial charge >= 0.3 is 7.12 Å². The topological polar surface area (TPSA) is 52.9 Å². The number of methoxy groups -OCH3 is 1. The van der Waals surface area contributed by atoms with Crippen LogP contribution in [0.2, 0.25) is 0 Å². The van der Waals surface area contributed by atoms with Crippen LogP contribution in [0.3, 0.4) is 0 Å². The summed E-state index contributed by atoms with van der Waals surface area (Å²) in [5.74, 6) is 1.41. The number of ether oxygens (including phenoxy) is 1. The van der Waals surface area contributed by atoms with Crippen molar-refractivity contribution in [1.82, 2.24) is 4.90 Å². The Balaban J connectivity index is 1.74. The molecular formula is C16H24BNO3. The summed E-state index contributed by atoms with van der Waals surface area (Å²) in [6.07, 6.45) is 6.75. The molecule has 3 rings (SSSR count). The fraction of sp³-hybridized carbons (Fsp3) is 0.625. The van der Waals surface area contributed by atoms with Crippen LogP contribution in [0.4, 0.5) is 0 Å². The number of fused-ring (bicyclic) bond motifs is 1. The van der Waals surface area contributed by atoms with E-state index in [1.165, 1.54) is 38.6 Å². The van der Waals surface area contributed by atoms with E-state index in [1.54, 1.807) is 7.11 Å². The van der Waals surface area contributed by atoms with Crippen molar-refractivity contribution < 1.29 is 14.8 Å². The van der Waals surface area contributed by atoms with Crippen molar-refractivity contribution in [3.63, 3.8) is 0 Å². The molecule has 21 heavy (non-hydrogen) atoms. The van der Waals surface area contributed by atoms with Gasteiger partial charge < -0.3 is 14.8 Å². The molecule has 1 aromatic rings. The Morgan fingerprint density at radius 3 is 2.81 bits per heavy atom. The molecule has 0 spiro atoms. The SMILES string of the molecule is COc1ccc(CN2CCC3CCCCC32)cc1B(O)O. The number of likely N-dealkylation sites (tertiary alicyclic amines) is 1. The standard InChI is InChI=1S/C16H24BNO3/c1-21-16-7-6-12(10-14(16)17(19)20)11-18-9-8-13-4-2-3-5-15(13)18/h6-7,10,13,15,19-20H,2-5,8-9,11H2,1H3. The Bertz CT molecular complexity index is 494. The van der Waals surface area contributed by atoms with Crippen LogP contribution in [-0.2, 0) is 6.54 Å². The maximum Gasteiger partial charge on any atom is 0.492 e. The Kier molecular flexibility index (Phi) is 4.52. The zero-order valence-corrected chi connectivity index (χ0v) is 12.7. The summed E-state index contributed by atoms with van der Waals surface area (Å²) in [5.41, 5.74) is 1.58. The first kappa shape index (κ1) is 14.9. The van der Waals surface area contributed by atoms with Crippen molar-refractivity contribution in [2.45, 2.75) is 44.7 Å². The van der Waals surface area contributed by atoms with Gasteiger partial charge in [0.1, 0.15) is 5.75 Å². The van der Waals surface area contributed by atoms with Gasteiger partial charge in [0, 0.05) is 18.0 Å². The number of nitrogens with zero attached hydrogens (tertiary/aromatic N) is 1. The lowest BCUT2D eigenvalue weighted by molar-refractivity contribution is 0.176. The molecule has 2 N–H and O–H groups in total. The van der Waals surface area contributed by atoms with Crippen LogP contribution in [0.25, 0.3) is 0 Å². The van der Waals surface area contributed by atoms with Crippen LogP contribution >= 0.6 is 0 Å². The van der Waals surface area contributed by atoms with Crippen LogP contribution in [0, 0.1) is 5.92 Å². The van der Waals surface area contributed by atoms with Gasteiger partial charge in [0.15, 0.2) is 0 Å². The molecular weight excluding hydrogens is 265 g/mol. The smallest absolute Gasteiger partial charge is 0.492 e. The normalized spacial score (nSPS) is 25.7. The van der Waals surface area contributed by atoms with Gasteiger partial charge in [0.2, 0.25) is 0 Å². The summed E-state index contributed by atoms with van der Waals surface area (Å²) in [4.78, 5) is 2.57. The van der Waals surface area contributed by atoms with Gasteiger partial charge in [-0.1, -0.05) is 25.0 Å². The molecule has 2 atom stereocenters. The largest absolute Gasteiger partial charge is 0.497 e. The third kappa shape index (κ3) is 3.10. The first-order valence-corrected chi connectivity index (χ1v) is 7.96. The minimum Gasteiger partial charge on any atom is -0.497 e. The molecule has 1 heterocycles. The second kappa shape index (κ2) is 6.38. The fourth-order valence-corrected chi connectivity index (χ4v) is 4.02. The number of hydrogen-bond donors (Lipinski definition) is 2. The zero-order valence-electron chi connectivity index (χ0n) is 12.7. The highest BCUT2D eigenvalue weighted by Gasteiger charge is 2.35. The van der Waals surface area contributed by atoms with Gasteiger partial charge in [0.05, 0.1) is 7.11 Å². The first-order chi connectivity index (χ1) is 10.2. The molecule has 1 saturated carbocycles. The summed E-state index contributed by atoms with van der Waals surface area (Å²) in [7, 11) is 0.0643. The first-order valence-electron chi connectivity index (χ1n) is 7.96. The van der Waals surface area contributed by atoms with E-state index in [0.717, 1.165) is 24.1 Å². The van der Waals surface area contributed by atoms with Crippen molar-refractivity contribution in [1.29, 1.82) is 0 Å². The predicted octanol–water partition coefficient (Wildman–Crippen LogP) is 1.14. The molecule has 2 unspecified atom stereocenters. The molecule has 0 amide bonds. The highest BCUT2D eigenvalue weighted by Crippen LogP contribution is 2.36. The Labute approximate surface area is 126 Å². The average molecular weight is 289 g/mol. The number of hydrogen-bond acceptors (Lipinski definition) is 4. The minimum absolute atomic E-state index is 0.453. The van der Waals surface area contributed by atoms with Gasteiger partial charge in [-0.25, -0.2) is 0 Å². The van der Waals surface area contributed by atoms with Crippen molar-refractivity contribution in [3.8, 4) is 5.75 Å². The molecule has 1 aliphatic heterocycles. The Morgan fingerprint density at radius 2 is 2.05 bits per heavy atom. The number of benzene rings is 1. The maximum absolute atomic E-state index is 9.47. The van der Waals surface area contributed by atoms with E-state index in [9.17, 15) is 10.0 Å². The summed E-state index contributed by atoms with van der Waals surface area (Å²) in [5, 5.41) is 18.9. The monoisotopic (exact) mass is 289 g/mol. The molecule has 1 aliphatic carbocycles. The summed E-state index contributed by atoms with van der Waals surface area (Å²) in [6.45, 7) is 2.06. The quantitative estimate of drug-likeness (QED) is 0.816. The van der Waals surface area contributed by atoms with Crippen molar-refractivity contribution in [3.05, 3.63) is 23.8 Å². The molecule has 0 aromatic heterocycles. The average Bonchev–Trinajstić information content (AvgIpc) is 2.90. The van der Waals surface area contributed by atoms with Crippen LogP contribution in [0.15, 0.2) is 18.2 Å². The maximum atomic E-state index is 9.47. The molecule has 4 nitrogen and oxygen atoms in total. The van der Waals surface area contributed by atoms with Crippen molar-refractivity contribution in [2.75, 3.05) is 13.7 Å². The fourth-order valence-electron chi connectivity index (χ4n) is 4.02. The third-order valence-corrected chi connectivity index (χ3v) is 5.08. The predicted molar refractivity (Wildman–Crippen MR) is 83.6 cm³/mol. The lowest BCUT2D eigenvalue weighted by Crippen LogP contribution is -2.35. The lowest BCUT2D eigenvalue weighted by Gasteiger charge is -2.31. The van der Waals surface area contributed by atoms with Crippen molar-refractivity contribution >= 4 is 12.6 Å². The molecule has 5 heteroatoms. The van der Waals surface area contributed by atoms with E-state index in [1.807, 2.05) is 18.2 Å². The van der Waals surface area contributed by atoms with E-state index in [4.69, 9.17) is 4.74 Å². The minimum atomic E-state index is -1.49. The van der Waals surface area contributed by atoms with E-state index >= 15 is 0 Å². The molecule has 2 aliphatic rings. The van der Waals surface area contributed by atoms with E-state index in [2.05, 4.69) is 4.90 Å². The zero-order chi connectivity index (χ0) is 14.8. The molecule has 0 radical (unpaired) electrons. The molecule has 1 saturated heterocycles. The lowest BCUT2D eigenvalue weighted by atomic mass is 9.78. The second-order valence-electron chi connectivity index (χ2n) is 6.32. The van der Waals surface area contributed by atoms with Crippen LogP contribution in [-0.4, -0.2) is 41.8 Å². The van der Waals surface area contributed by atoms with E-state index in [-0.39, 0.29) is 0 Å². The van der Waals surface area contributed by atoms with Gasteiger partial charge in [-0.3, -0.25) is 4.90 Å². The van der Waals surface area contributed by atoms with E-state index < -0.39 is 7.12 Å². The van der Waals surface area contributed by atoms with Crippen molar-refractivity contribution in [2.24, 2.45) is 5.92 Å². The van der Waals surface area contributed by atoms with Crippen LogP contribution in [0.5, 0.6) is 5.75 Å². The van der Waals surface area contributed by atoms with Gasteiger partial charge in [0.25, 0.3) is 0 Å². The van der Waals surface area contributed by atoms with Gasteiger partial charge in [-0.05, 0) is 43.4 Å². The second-order valence-corrected chi connectivity index (χ2v) is 6.32. The third-order valence-electron chi connectivity index (χ3n) is 5.08. The molecule has 2 fully saturated rings. The van der Waals surface area contributed by atoms with Gasteiger partial charge in [-0.15, -0.1) is 0 Å². The van der Waals surface area contributed by atoms with Gasteiger partial charge in [-0.2, -0.15) is 0 Å². The highest BCUT2D eigenvalue weighted by molar-refractivity contribution is 6.59. The molecule has 114 valence electrons. The Hall–Kier alpha value is -1.04.